The number of carbonyl (C=O) groups excluding carboxylic acids is 2. The van der Waals surface area contributed by atoms with Crippen LogP contribution in [0.3, 0.4) is 0 Å². The zero-order valence-electron chi connectivity index (χ0n) is 10.4. The molecular formula is C11H19BrO4. The fourth-order valence-electron chi connectivity index (χ4n) is 1.17. The first-order valence-corrected chi connectivity index (χ1v) is 6.09. The minimum absolute atomic E-state index is 0.407. The van der Waals surface area contributed by atoms with Gasteiger partial charge in [-0.05, 0) is 27.2 Å². The highest BCUT2D eigenvalue weighted by Crippen LogP contribution is 2.22. The van der Waals surface area contributed by atoms with E-state index >= 15 is 0 Å². The van der Waals surface area contributed by atoms with Crippen molar-refractivity contribution >= 4 is 27.9 Å². The van der Waals surface area contributed by atoms with Crippen molar-refractivity contribution in [2.75, 3.05) is 7.11 Å². The maximum atomic E-state index is 11.7. The van der Waals surface area contributed by atoms with Crippen LogP contribution in [0.15, 0.2) is 0 Å². The molecule has 0 unspecified atom stereocenters. The first-order valence-electron chi connectivity index (χ1n) is 5.17. The van der Waals surface area contributed by atoms with E-state index in [2.05, 4.69) is 20.7 Å². The highest BCUT2D eigenvalue weighted by Gasteiger charge is 2.34. The Morgan fingerprint density at radius 1 is 1.25 bits per heavy atom. The molecule has 0 saturated heterocycles. The summed E-state index contributed by atoms with van der Waals surface area (Å²) in [4.78, 5) is 22.4. The predicted molar refractivity (Wildman–Crippen MR) is 64.4 cm³/mol. The van der Waals surface area contributed by atoms with Crippen molar-refractivity contribution in [3.05, 3.63) is 0 Å². The van der Waals surface area contributed by atoms with Gasteiger partial charge in [-0.2, -0.15) is 0 Å². The van der Waals surface area contributed by atoms with E-state index in [0.29, 0.717) is 6.42 Å². The van der Waals surface area contributed by atoms with E-state index in [1.807, 2.05) is 6.92 Å². The van der Waals surface area contributed by atoms with E-state index < -0.39 is 28.3 Å². The highest BCUT2D eigenvalue weighted by atomic mass is 79.9. The van der Waals surface area contributed by atoms with Gasteiger partial charge < -0.3 is 9.47 Å². The summed E-state index contributed by atoms with van der Waals surface area (Å²) in [6.45, 7) is 7.16. The second kappa shape index (κ2) is 6.23. The third-order valence-electron chi connectivity index (χ3n) is 1.93. The number of halogens is 1. The summed E-state index contributed by atoms with van der Waals surface area (Å²) in [6.07, 6.45) is 0.516. The van der Waals surface area contributed by atoms with Crippen LogP contribution in [0.25, 0.3) is 0 Å². The van der Waals surface area contributed by atoms with E-state index in [1.54, 1.807) is 20.8 Å². The molecule has 0 aromatic rings. The van der Waals surface area contributed by atoms with Gasteiger partial charge in [0, 0.05) is 0 Å². The number of hydrogen-bond donors (Lipinski definition) is 0. The number of alkyl halides is 1. The topological polar surface area (TPSA) is 52.6 Å². The molecule has 0 bridgehead atoms. The maximum absolute atomic E-state index is 11.7. The summed E-state index contributed by atoms with van der Waals surface area (Å²) in [5, 5.41) is 0. The highest BCUT2D eigenvalue weighted by molar-refractivity contribution is 9.10. The molecule has 0 heterocycles. The van der Waals surface area contributed by atoms with Gasteiger partial charge in [-0.25, -0.2) is 0 Å². The largest absolute Gasteiger partial charge is 0.469 e. The molecule has 94 valence electrons. The van der Waals surface area contributed by atoms with Gasteiger partial charge in [-0.1, -0.05) is 22.9 Å². The lowest BCUT2D eigenvalue weighted by molar-refractivity contribution is -0.159. The number of esters is 2. The standard InChI is InChI=1S/C11H19BrO4/c1-6-7(9(13)15-5)8(12)10(14)16-11(2,3)4/h7-8H,6H2,1-5H3/t7-,8-/m0/s1. The fraction of sp³-hybridized carbons (Fsp3) is 0.818. The summed E-state index contributed by atoms with van der Waals surface area (Å²) in [6, 6.07) is 0. The van der Waals surface area contributed by atoms with E-state index in [4.69, 9.17) is 4.74 Å². The van der Waals surface area contributed by atoms with Crippen LogP contribution in [0, 0.1) is 5.92 Å². The molecule has 2 atom stereocenters. The van der Waals surface area contributed by atoms with E-state index in [9.17, 15) is 9.59 Å². The Bertz CT molecular complexity index is 257. The van der Waals surface area contributed by atoms with Crippen LogP contribution >= 0.6 is 15.9 Å². The van der Waals surface area contributed by atoms with E-state index in [0.717, 1.165) is 0 Å². The average Bonchev–Trinajstić information content (AvgIpc) is 2.15. The smallest absolute Gasteiger partial charge is 0.321 e. The minimum atomic E-state index is -0.663. The van der Waals surface area contributed by atoms with Gasteiger partial charge in [0.2, 0.25) is 0 Å². The van der Waals surface area contributed by atoms with Crippen LogP contribution in [0.2, 0.25) is 0 Å². The molecule has 16 heavy (non-hydrogen) atoms. The molecule has 0 aromatic carbocycles. The normalized spacial score (nSPS) is 15.1. The van der Waals surface area contributed by atoms with Crippen molar-refractivity contribution < 1.29 is 19.1 Å². The number of carbonyl (C=O) groups is 2. The van der Waals surface area contributed by atoms with Crippen LogP contribution in [-0.4, -0.2) is 29.5 Å². The van der Waals surface area contributed by atoms with Crippen LogP contribution in [0.5, 0.6) is 0 Å². The van der Waals surface area contributed by atoms with Gasteiger partial charge in [0.1, 0.15) is 10.4 Å². The molecule has 0 aliphatic rings. The Kier molecular flexibility index (Phi) is 6.00. The van der Waals surface area contributed by atoms with Crippen molar-refractivity contribution in [1.29, 1.82) is 0 Å². The lowest BCUT2D eigenvalue weighted by Crippen LogP contribution is -2.36. The fourth-order valence-corrected chi connectivity index (χ4v) is 1.85. The molecule has 0 rings (SSSR count). The van der Waals surface area contributed by atoms with Crippen LogP contribution in [0.4, 0.5) is 0 Å². The van der Waals surface area contributed by atoms with Crippen molar-refractivity contribution in [1.82, 2.24) is 0 Å². The molecule has 0 aliphatic heterocycles. The second-order valence-electron chi connectivity index (χ2n) is 4.47. The first kappa shape index (κ1) is 15.4. The summed E-state index contributed by atoms with van der Waals surface area (Å²) >= 11 is 3.19. The zero-order chi connectivity index (χ0) is 12.9. The summed E-state index contributed by atoms with van der Waals surface area (Å²) in [5.41, 5.74) is -0.558. The number of methoxy groups -OCH3 is 1. The minimum Gasteiger partial charge on any atom is -0.469 e. The molecule has 0 amide bonds. The second-order valence-corrected chi connectivity index (χ2v) is 5.46. The van der Waals surface area contributed by atoms with E-state index in [1.165, 1.54) is 7.11 Å². The van der Waals surface area contributed by atoms with Crippen molar-refractivity contribution in [3.8, 4) is 0 Å². The van der Waals surface area contributed by atoms with E-state index in [-0.39, 0.29) is 0 Å². The van der Waals surface area contributed by atoms with Gasteiger partial charge in [0.15, 0.2) is 0 Å². The van der Waals surface area contributed by atoms with Crippen LogP contribution in [0.1, 0.15) is 34.1 Å². The van der Waals surface area contributed by atoms with Gasteiger partial charge in [0.25, 0.3) is 0 Å². The van der Waals surface area contributed by atoms with Crippen LogP contribution < -0.4 is 0 Å². The molecule has 5 heteroatoms. The molecular weight excluding hydrogens is 276 g/mol. The Morgan fingerprint density at radius 2 is 1.75 bits per heavy atom. The van der Waals surface area contributed by atoms with Gasteiger partial charge in [-0.3, -0.25) is 9.59 Å². The predicted octanol–water partition coefficient (Wildman–Crippen LogP) is 2.29. The average molecular weight is 295 g/mol. The van der Waals surface area contributed by atoms with Crippen molar-refractivity contribution in [2.45, 2.75) is 44.5 Å². The molecule has 0 fully saturated rings. The van der Waals surface area contributed by atoms with Crippen molar-refractivity contribution in [2.24, 2.45) is 5.92 Å². The first-order chi connectivity index (χ1) is 7.22. The summed E-state index contributed by atoms with van der Waals surface area (Å²) in [5.74, 6) is -1.36. The Balaban J connectivity index is 4.57. The number of rotatable bonds is 4. The molecule has 0 N–H and O–H groups in total. The Hall–Kier alpha value is -0.580. The third-order valence-corrected chi connectivity index (χ3v) is 2.94. The lowest BCUT2D eigenvalue weighted by Gasteiger charge is -2.24. The monoisotopic (exact) mass is 294 g/mol. The molecule has 0 saturated carbocycles. The zero-order valence-corrected chi connectivity index (χ0v) is 12.0. The van der Waals surface area contributed by atoms with Crippen LogP contribution in [-0.2, 0) is 19.1 Å². The molecule has 4 nitrogen and oxygen atoms in total. The molecule has 0 radical (unpaired) electrons. The third kappa shape index (κ3) is 4.96. The lowest BCUT2D eigenvalue weighted by atomic mass is 10.0. The Labute approximate surface area is 105 Å². The summed E-state index contributed by atoms with van der Waals surface area (Å²) in [7, 11) is 1.31. The Morgan fingerprint density at radius 3 is 2.06 bits per heavy atom. The maximum Gasteiger partial charge on any atom is 0.321 e. The number of ether oxygens (including phenoxy) is 2. The van der Waals surface area contributed by atoms with Crippen molar-refractivity contribution in [3.63, 3.8) is 0 Å². The van der Waals surface area contributed by atoms with Gasteiger partial charge in [-0.15, -0.1) is 0 Å². The number of hydrogen-bond acceptors (Lipinski definition) is 4. The molecule has 0 aromatic heterocycles. The summed E-state index contributed by atoms with van der Waals surface area (Å²) < 4.78 is 9.81. The van der Waals surface area contributed by atoms with Gasteiger partial charge in [0.05, 0.1) is 13.0 Å². The quantitative estimate of drug-likeness (QED) is 0.590. The SMILES string of the molecule is CC[C@H](C(=O)OC)[C@H](Br)C(=O)OC(C)(C)C. The molecule has 0 spiro atoms. The van der Waals surface area contributed by atoms with Gasteiger partial charge >= 0.3 is 11.9 Å². The molecule has 0 aliphatic carbocycles.